The van der Waals surface area contributed by atoms with Gasteiger partial charge in [0.05, 0.1) is 0 Å². The van der Waals surface area contributed by atoms with Crippen LogP contribution in [0, 0.1) is 0 Å². The first kappa shape index (κ1) is 20.5. The molecule has 0 aliphatic rings. The van der Waals surface area contributed by atoms with Gasteiger partial charge >= 0.3 is 13.3 Å². The third kappa shape index (κ3) is 9.16. The fourth-order valence-corrected chi connectivity index (χ4v) is 1.36. The standard InChI is InChI=1S/C6H5N3O.C5H13N2O.BF4/c10-9-6-4-2-1-3-5(6)7-8-9;1-6-5(8-4)7(2)3;2-1(3,4)5/h1-4,10H;6H,1-4H3;/q;+1;-1. The van der Waals surface area contributed by atoms with Crippen LogP contribution in [0.4, 0.5) is 21.7 Å². The Morgan fingerprint density at radius 1 is 1.26 bits per heavy atom. The highest BCUT2D eigenvalue weighted by Crippen LogP contribution is 2.07. The van der Waals surface area contributed by atoms with Crippen LogP contribution < -0.4 is 5.32 Å². The monoisotopic (exact) mass is 339 g/mol. The molecule has 7 nitrogen and oxygen atoms in total. The number of halogens is 4. The lowest BCUT2D eigenvalue weighted by Crippen LogP contribution is -2.32. The molecule has 1 heterocycles. The average molecular weight is 339 g/mol. The van der Waals surface area contributed by atoms with Gasteiger partial charge in [0.1, 0.15) is 11.0 Å². The van der Waals surface area contributed by atoms with Crippen LogP contribution >= 0.6 is 0 Å². The van der Waals surface area contributed by atoms with E-state index >= 15 is 0 Å². The fraction of sp³-hybridized carbons (Fsp3) is 0.364. The van der Waals surface area contributed by atoms with Crippen molar-refractivity contribution in [2.75, 3.05) is 28.3 Å². The lowest BCUT2D eigenvalue weighted by molar-refractivity contribution is -0.0946. The zero-order chi connectivity index (χ0) is 18.0. The highest BCUT2D eigenvalue weighted by atomic mass is 19.5. The highest BCUT2D eigenvalue weighted by molar-refractivity contribution is 6.50. The maximum atomic E-state index is 9.75. The van der Waals surface area contributed by atoms with Gasteiger partial charge in [0, 0.05) is 21.1 Å². The summed E-state index contributed by atoms with van der Waals surface area (Å²) in [5, 5.41) is 18.9. The van der Waals surface area contributed by atoms with Gasteiger partial charge in [-0.3, -0.25) is 10.2 Å². The molecule has 0 aliphatic heterocycles. The molecule has 0 bridgehead atoms. The van der Waals surface area contributed by atoms with Crippen molar-refractivity contribution in [1.29, 1.82) is 0 Å². The molecule has 0 saturated heterocycles. The average Bonchev–Trinajstić information content (AvgIpc) is 2.81. The number of nitrogens with one attached hydrogen (secondary N) is 1. The van der Waals surface area contributed by atoms with Crippen molar-refractivity contribution in [1.82, 2.24) is 25.4 Å². The SMILES string of the molecule is CNC(=[O+]C)N(C)C.F[B-](F)(F)F.On1nnc2ccccc21. The lowest BCUT2D eigenvalue weighted by Gasteiger charge is -2.02. The van der Waals surface area contributed by atoms with E-state index in [0.29, 0.717) is 11.0 Å². The first-order chi connectivity index (χ1) is 10.6. The molecule has 130 valence electrons. The van der Waals surface area contributed by atoms with E-state index in [2.05, 4.69) is 15.6 Å². The predicted molar refractivity (Wildman–Crippen MR) is 79.0 cm³/mol. The summed E-state index contributed by atoms with van der Waals surface area (Å²) in [6, 6.07) is 7.96. The predicted octanol–water partition coefficient (Wildman–Crippen LogP) is 2.02. The Hall–Kier alpha value is -2.53. The second-order valence-electron chi connectivity index (χ2n) is 4.12. The number of fused-ring (bicyclic) bond motifs is 1. The second kappa shape index (κ2) is 9.48. The van der Waals surface area contributed by atoms with E-state index in [1.807, 2.05) is 38.2 Å². The van der Waals surface area contributed by atoms with Crippen LogP contribution in [0.2, 0.25) is 0 Å². The molecule has 12 heteroatoms. The normalized spacial score (nSPS) is 11.0. The molecule has 23 heavy (non-hydrogen) atoms. The van der Waals surface area contributed by atoms with Crippen LogP contribution in [0.1, 0.15) is 0 Å². The van der Waals surface area contributed by atoms with Crippen molar-refractivity contribution in [3.63, 3.8) is 0 Å². The van der Waals surface area contributed by atoms with E-state index in [1.54, 1.807) is 19.2 Å². The Balaban J connectivity index is 0.000000338. The van der Waals surface area contributed by atoms with Crippen molar-refractivity contribution >= 4 is 24.3 Å². The minimum atomic E-state index is -6.00. The highest BCUT2D eigenvalue weighted by Gasteiger charge is 2.20. The number of nitrogens with zero attached hydrogens (tertiary/aromatic N) is 4. The summed E-state index contributed by atoms with van der Waals surface area (Å²) in [5.41, 5.74) is 1.33. The molecule has 0 atom stereocenters. The van der Waals surface area contributed by atoms with E-state index in [0.717, 1.165) is 10.9 Å². The number of amides is 2. The summed E-state index contributed by atoms with van der Waals surface area (Å²) in [6.07, 6.45) is 0. The molecule has 1 aromatic carbocycles. The van der Waals surface area contributed by atoms with Crippen molar-refractivity contribution in [2.24, 2.45) is 0 Å². The van der Waals surface area contributed by atoms with Crippen LogP contribution in [0.5, 0.6) is 0 Å². The van der Waals surface area contributed by atoms with Crippen molar-refractivity contribution in [3.05, 3.63) is 24.3 Å². The Bertz CT molecular complexity index is 612. The maximum absolute atomic E-state index is 9.75. The fourth-order valence-electron chi connectivity index (χ4n) is 1.36. The summed E-state index contributed by atoms with van der Waals surface area (Å²) in [4.78, 5) is 2.62. The summed E-state index contributed by atoms with van der Waals surface area (Å²) < 4.78 is 43.9. The van der Waals surface area contributed by atoms with Gasteiger partial charge in [-0.2, -0.15) is 0 Å². The van der Waals surface area contributed by atoms with Crippen LogP contribution in [-0.4, -0.2) is 66.8 Å². The molecular weight excluding hydrogens is 321 g/mol. The Kier molecular flexibility index (Phi) is 8.44. The number of para-hydroxylation sites is 1. The van der Waals surface area contributed by atoms with Gasteiger partial charge in [-0.15, -0.1) is 5.10 Å². The van der Waals surface area contributed by atoms with Crippen LogP contribution in [0.25, 0.3) is 11.0 Å². The summed E-state index contributed by atoms with van der Waals surface area (Å²) >= 11 is 0. The minimum absolute atomic E-state index is 0.627. The van der Waals surface area contributed by atoms with Gasteiger partial charge < -0.3 is 22.5 Å². The van der Waals surface area contributed by atoms with E-state index in [-0.39, 0.29) is 0 Å². The summed E-state index contributed by atoms with van der Waals surface area (Å²) in [7, 11) is 1.27. The number of carbonyl (C=O) groups excluding carboxylic acids is 1. The molecule has 0 fully saturated rings. The van der Waals surface area contributed by atoms with Gasteiger partial charge in [0.15, 0.2) is 0 Å². The number of urea groups is 1. The Labute approximate surface area is 130 Å². The number of rotatable bonds is 0. The first-order valence-electron chi connectivity index (χ1n) is 6.23. The zero-order valence-corrected chi connectivity index (χ0v) is 13.0. The quantitative estimate of drug-likeness (QED) is 0.334. The third-order valence-electron chi connectivity index (χ3n) is 2.15. The van der Waals surface area contributed by atoms with Crippen molar-refractivity contribution < 1.29 is 26.9 Å². The minimum Gasteiger partial charge on any atom is -0.418 e. The Morgan fingerprint density at radius 3 is 2.13 bits per heavy atom. The van der Waals surface area contributed by atoms with Crippen LogP contribution in [-0.2, 0) is 0 Å². The Morgan fingerprint density at radius 2 is 1.78 bits per heavy atom. The zero-order valence-electron chi connectivity index (χ0n) is 13.0. The van der Waals surface area contributed by atoms with Crippen LogP contribution in [0.15, 0.2) is 24.3 Å². The molecule has 0 spiro atoms. The third-order valence-corrected chi connectivity index (χ3v) is 2.15. The number of aromatic nitrogens is 3. The molecular formula is C11H18BF4N5O2. The second-order valence-corrected chi connectivity index (χ2v) is 4.12. The number of hydrogen-bond donors (Lipinski definition) is 2. The molecule has 0 unspecified atom stereocenters. The van der Waals surface area contributed by atoms with Gasteiger partial charge in [-0.05, 0) is 17.3 Å². The van der Waals surface area contributed by atoms with Crippen LogP contribution in [0.3, 0.4) is 0 Å². The van der Waals surface area contributed by atoms with E-state index in [4.69, 9.17) is 9.63 Å². The summed E-state index contributed by atoms with van der Waals surface area (Å²) in [5.74, 6) is 0. The van der Waals surface area contributed by atoms with Gasteiger partial charge in [-0.25, -0.2) is 4.42 Å². The molecule has 2 N–H and O–H groups in total. The largest absolute Gasteiger partial charge is 0.673 e. The van der Waals surface area contributed by atoms with E-state index in [9.17, 15) is 17.3 Å². The van der Waals surface area contributed by atoms with Crippen molar-refractivity contribution in [2.45, 2.75) is 0 Å². The van der Waals surface area contributed by atoms with Crippen molar-refractivity contribution in [3.8, 4) is 0 Å². The first-order valence-corrected chi connectivity index (χ1v) is 6.23. The molecule has 0 saturated carbocycles. The number of hydrogen-bond acceptors (Lipinski definition) is 3. The molecule has 0 aliphatic carbocycles. The van der Waals surface area contributed by atoms with Gasteiger partial charge in [-0.1, -0.05) is 17.0 Å². The molecule has 2 aromatic rings. The van der Waals surface area contributed by atoms with Gasteiger partial charge in [0.2, 0.25) is 0 Å². The van der Waals surface area contributed by atoms with Gasteiger partial charge in [0.25, 0.3) is 7.11 Å². The molecule has 2 rings (SSSR count). The topological polar surface area (TPSA) is 77.5 Å². The smallest absolute Gasteiger partial charge is 0.418 e. The van der Waals surface area contributed by atoms with E-state index in [1.165, 1.54) is 0 Å². The van der Waals surface area contributed by atoms with E-state index < -0.39 is 7.25 Å². The maximum Gasteiger partial charge on any atom is 0.673 e. The summed E-state index contributed by atoms with van der Waals surface area (Å²) in [6.45, 7) is 0. The molecule has 2 amide bonds. The number of benzene rings is 1. The molecule has 1 aromatic heterocycles. The lowest BCUT2D eigenvalue weighted by atomic mass is 10.3. The molecule has 0 radical (unpaired) electrons.